The Morgan fingerprint density at radius 2 is 1.62 bits per heavy atom. The van der Waals surface area contributed by atoms with Crippen LogP contribution >= 0.6 is 0 Å². The molecule has 0 saturated carbocycles. The van der Waals surface area contributed by atoms with Gasteiger partial charge < -0.3 is 10.1 Å². The van der Waals surface area contributed by atoms with E-state index >= 15 is 0 Å². The van der Waals surface area contributed by atoms with Crippen LogP contribution in [0.3, 0.4) is 0 Å². The Morgan fingerprint density at radius 3 is 2.33 bits per heavy atom. The van der Waals surface area contributed by atoms with Crippen molar-refractivity contribution in [3.8, 4) is 5.75 Å². The van der Waals surface area contributed by atoms with E-state index < -0.39 is 0 Å². The van der Waals surface area contributed by atoms with Crippen LogP contribution in [0.2, 0.25) is 0 Å². The summed E-state index contributed by atoms with van der Waals surface area (Å²) in [5.41, 5.74) is 2.61. The minimum atomic E-state index is 0.284. The van der Waals surface area contributed by atoms with Crippen molar-refractivity contribution in [2.24, 2.45) is 0 Å². The second kappa shape index (κ2) is 7.84. The van der Waals surface area contributed by atoms with Gasteiger partial charge in [-0.05, 0) is 38.3 Å². The molecule has 0 fully saturated rings. The summed E-state index contributed by atoms with van der Waals surface area (Å²) in [6.07, 6.45) is 2.23. The van der Waals surface area contributed by atoms with E-state index in [4.69, 9.17) is 4.74 Å². The summed E-state index contributed by atoms with van der Waals surface area (Å²) in [5, 5.41) is 3.66. The molecule has 1 unspecified atom stereocenters. The summed E-state index contributed by atoms with van der Waals surface area (Å²) >= 11 is 0. The van der Waals surface area contributed by atoms with Gasteiger partial charge in [-0.15, -0.1) is 0 Å². The van der Waals surface area contributed by atoms with Crippen molar-refractivity contribution in [3.63, 3.8) is 0 Å². The summed E-state index contributed by atoms with van der Waals surface area (Å²) in [4.78, 5) is 0. The van der Waals surface area contributed by atoms with Gasteiger partial charge in [0.05, 0.1) is 7.11 Å². The van der Waals surface area contributed by atoms with E-state index in [9.17, 15) is 0 Å². The van der Waals surface area contributed by atoms with Crippen LogP contribution < -0.4 is 10.1 Å². The van der Waals surface area contributed by atoms with Crippen LogP contribution in [0, 0.1) is 0 Å². The Bertz CT molecular complexity index is 538. The molecule has 0 radical (unpaired) electrons. The third-order valence-electron chi connectivity index (χ3n) is 3.85. The first-order valence-corrected chi connectivity index (χ1v) is 7.63. The highest BCUT2D eigenvalue weighted by Gasteiger charge is 2.13. The number of benzene rings is 2. The summed E-state index contributed by atoms with van der Waals surface area (Å²) in [6.45, 7) is 4.44. The average molecular weight is 283 g/mol. The van der Waals surface area contributed by atoms with Crippen LogP contribution in [-0.2, 0) is 6.42 Å². The lowest BCUT2D eigenvalue weighted by molar-refractivity contribution is 0.392. The van der Waals surface area contributed by atoms with Crippen LogP contribution in [-0.4, -0.2) is 13.2 Å². The Morgan fingerprint density at radius 1 is 0.952 bits per heavy atom. The average Bonchev–Trinajstić information content (AvgIpc) is 2.53. The highest BCUT2D eigenvalue weighted by Crippen LogP contribution is 2.24. The summed E-state index contributed by atoms with van der Waals surface area (Å²) < 4.78 is 5.44. The second-order valence-corrected chi connectivity index (χ2v) is 5.56. The number of aryl methyl sites for hydroxylation is 1. The molecule has 2 atom stereocenters. The minimum absolute atomic E-state index is 0.284. The molecule has 2 heteroatoms. The molecule has 0 amide bonds. The van der Waals surface area contributed by atoms with Crippen LogP contribution in [0.15, 0.2) is 54.6 Å². The van der Waals surface area contributed by atoms with E-state index in [1.165, 1.54) is 11.1 Å². The number of para-hydroxylation sites is 1. The Balaban J connectivity index is 1.88. The van der Waals surface area contributed by atoms with Crippen molar-refractivity contribution in [1.82, 2.24) is 5.32 Å². The van der Waals surface area contributed by atoms with Gasteiger partial charge in [0, 0.05) is 17.6 Å². The summed E-state index contributed by atoms with van der Waals surface area (Å²) in [5.74, 6) is 0.952. The molecule has 2 rings (SSSR count). The number of hydrogen-bond donors (Lipinski definition) is 1. The molecule has 2 nitrogen and oxygen atoms in total. The molecule has 0 spiro atoms. The first-order chi connectivity index (χ1) is 10.2. The number of nitrogens with one attached hydrogen (secondary N) is 1. The van der Waals surface area contributed by atoms with E-state index in [0.717, 1.165) is 18.6 Å². The third-order valence-corrected chi connectivity index (χ3v) is 3.85. The van der Waals surface area contributed by atoms with Gasteiger partial charge >= 0.3 is 0 Å². The maximum atomic E-state index is 5.44. The van der Waals surface area contributed by atoms with E-state index in [-0.39, 0.29) is 6.04 Å². The molecule has 0 bridgehead atoms. The van der Waals surface area contributed by atoms with E-state index in [1.54, 1.807) is 7.11 Å². The van der Waals surface area contributed by atoms with Gasteiger partial charge in [-0.1, -0.05) is 48.5 Å². The van der Waals surface area contributed by atoms with Crippen molar-refractivity contribution >= 4 is 0 Å². The van der Waals surface area contributed by atoms with Crippen molar-refractivity contribution in [1.29, 1.82) is 0 Å². The van der Waals surface area contributed by atoms with E-state index in [2.05, 4.69) is 61.6 Å². The molecular weight excluding hydrogens is 258 g/mol. The molecule has 21 heavy (non-hydrogen) atoms. The van der Waals surface area contributed by atoms with Gasteiger partial charge in [0.25, 0.3) is 0 Å². The lowest BCUT2D eigenvalue weighted by Crippen LogP contribution is -2.29. The predicted molar refractivity (Wildman–Crippen MR) is 88.8 cm³/mol. The highest BCUT2D eigenvalue weighted by atomic mass is 16.5. The molecule has 0 aliphatic heterocycles. The molecule has 2 aromatic carbocycles. The van der Waals surface area contributed by atoms with Crippen molar-refractivity contribution < 1.29 is 4.74 Å². The van der Waals surface area contributed by atoms with Crippen LogP contribution in [0.4, 0.5) is 0 Å². The fraction of sp³-hybridized carbons (Fsp3) is 0.368. The molecule has 0 heterocycles. The van der Waals surface area contributed by atoms with Crippen molar-refractivity contribution in [2.45, 2.75) is 38.8 Å². The van der Waals surface area contributed by atoms with Crippen molar-refractivity contribution in [3.05, 3.63) is 65.7 Å². The SMILES string of the molecule is COc1ccccc1[C@H](C)NC(C)CCc1ccccc1. The van der Waals surface area contributed by atoms with Gasteiger partial charge in [0.1, 0.15) is 5.75 Å². The lowest BCUT2D eigenvalue weighted by Gasteiger charge is -2.22. The summed E-state index contributed by atoms with van der Waals surface area (Å²) in [6, 6.07) is 19.6. The monoisotopic (exact) mass is 283 g/mol. The number of hydrogen-bond acceptors (Lipinski definition) is 2. The second-order valence-electron chi connectivity index (χ2n) is 5.56. The molecule has 0 saturated heterocycles. The number of ether oxygens (including phenoxy) is 1. The lowest BCUT2D eigenvalue weighted by atomic mass is 10.0. The van der Waals surface area contributed by atoms with Crippen LogP contribution in [0.25, 0.3) is 0 Å². The summed E-state index contributed by atoms with van der Waals surface area (Å²) in [7, 11) is 1.73. The maximum Gasteiger partial charge on any atom is 0.123 e. The molecule has 0 aromatic heterocycles. The van der Waals surface area contributed by atoms with Crippen LogP contribution in [0.1, 0.15) is 37.4 Å². The van der Waals surface area contributed by atoms with Gasteiger partial charge in [-0.25, -0.2) is 0 Å². The normalized spacial score (nSPS) is 13.7. The largest absolute Gasteiger partial charge is 0.496 e. The van der Waals surface area contributed by atoms with Gasteiger partial charge in [0.15, 0.2) is 0 Å². The first kappa shape index (κ1) is 15.6. The molecule has 112 valence electrons. The Hall–Kier alpha value is -1.80. The molecule has 2 aromatic rings. The van der Waals surface area contributed by atoms with Gasteiger partial charge in [0.2, 0.25) is 0 Å². The zero-order chi connectivity index (χ0) is 15.1. The fourth-order valence-electron chi connectivity index (χ4n) is 2.65. The fourth-order valence-corrected chi connectivity index (χ4v) is 2.65. The molecule has 1 N–H and O–H groups in total. The minimum Gasteiger partial charge on any atom is -0.496 e. The number of methoxy groups -OCH3 is 1. The molecular formula is C19H25NO. The van der Waals surface area contributed by atoms with Gasteiger partial charge in [-0.2, -0.15) is 0 Å². The first-order valence-electron chi connectivity index (χ1n) is 7.63. The number of rotatable bonds is 7. The zero-order valence-electron chi connectivity index (χ0n) is 13.2. The third kappa shape index (κ3) is 4.61. The van der Waals surface area contributed by atoms with Gasteiger partial charge in [-0.3, -0.25) is 0 Å². The topological polar surface area (TPSA) is 21.3 Å². The Kier molecular flexibility index (Phi) is 5.82. The highest BCUT2D eigenvalue weighted by molar-refractivity contribution is 5.35. The Labute approximate surface area is 128 Å². The standard InChI is InChI=1S/C19H25NO/c1-15(13-14-17-9-5-4-6-10-17)20-16(2)18-11-7-8-12-19(18)21-3/h4-12,15-16,20H,13-14H2,1-3H3/t15?,16-/m0/s1. The smallest absolute Gasteiger partial charge is 0.123 e. The quantitative estimate of drug-likeness (QED) is 0.815. The van der Waals surface area contributed by atoms with E-state index in [1.807, 2.05) is 12.1 Å². The van der Waals surface area contributed by atoms with Crippen molar-refractivity contribution in [2.75, 3.05) is 7.11 Å². The predicted octanol–water partition coefficient (Wildman–Crippen LogP) is 4.37. The van der Waals surface area contributed by atoms with E-state index in [0.29, 0.717) is 6.04 Å². The molecule has 0 aliphatic carbocycles. The van der Waals surface area contributed by atoms with Crippen LogP contribution in [0.5, 0.6) is 5.75 Å². The zero-order valence-corrected chi connectivity index (χ0v) is 13.2. The maximum absolute atomic E-state index is 5.44. The molecule has 0 aliphatic rings.